The van der Waals surface area contributed by atoms with Gasteiger partial charge in [-0.05, 0) is 12.1 Å². The molecule has 0 aliphatic heterocycles. The van der Waals surface area contributed by atoms with E-state index in [4.69, 9.17) is 28.3 Å². The van der Waals surface area contributed by atoms with E-state index in [1.165, 1.54) is 11.3 Å². The minimum absolute atomic E-state index is 0.267. The quantitative estimate of drug-likeness (QED) is 0.829. The van der Waals surface area contributed by atoms with E-state index in [9.17, 15) is 4.79 Å². The fourth-order valence-corrected chi connectivity index (χ4v) is 2.53. The number of aromatic carboxylic acids is 1. The van der Waals surface area contributed by atoms with Gasteiger partial charge in [-0.15, -0.1) is 11.3 Å². The molecule has 0 saturated heterocycles. The molecule has 0 spiro atoms. The number of halogens is 2. The summed E-state index contributed by atoms with van der Waals surface area (Å²) in [6.07, 6.45) is 0. The Bertz CT molecular complexity index is 519. The first-order valence-electron chi connectivity index (χ1n) is 3.69. The van der Waals surface area contributed by atoms with Crippen molar-refractivity contribution < 1.29 is 9.90 Å². The zero-order valence-corrected chi connectivity index (χ0v) is 9.08. The van der Waals surface area contributed by atoms with Crippen molar-refractivity contribution in [2.24, 2.45) is 0 Å². The Kier molecular flexibility index (Phi) is 2.39. The van der Waals surface area contributed by atoms with E-state index < -0.39 is 5.97 Å². The average molecular weight is 247 g/mol. The first-order valence-corrected chi connectivity index (χ1v) is 5.32. The van der Waals surface area contributed by atoms with Crippen LogP contribution in [0.2, 0.25) is 10.0 Å². The van der Waals surface area contributed by atoms with Crippen molar-refractivity contribution in [2.75, 3.05) is 0 Å². The normalized spacial score (nSPS) is 10.7. The van der Waals surface area contributed by atoms with Crippen LogP contribution in [0.5, 0.6) is 0 Å². The lowest BCUT2D eigenvalue weighted by atomic mass is 10.2. The maximum Gasteiger partial charge on any atom is 0.337 e. The van der Waals surface area contributed by atoms with Crippen molar-refractivity contribution in [3.63, 3.8) is 0 Å². The molecule has 2 nitrogen and oxygen atoms in total. The Morgan fingerprint density at radius 3 is 2.57 bits per heavy atom. The predicted molar refractivity (Wildman–Crippen MR) is 58.8 cm³/mol. The van der Waals surface area contributed by atoms with Crippen LogP contribution in [0.15, 0.2) is 17.5 Å². The van der Waals surface area contributed by atoms with Crippen LogP contribution in [0.3, 0.4) is 0 Å². The molecule has 5 heteroatoms. The Hall–Kier alpha value is -0.770. The molecule has 0 atom stereocenters. The van der Waals surface area contributed by atoms with Gasteiger partial charge in [0, 0.05) is 15.5 Å². The lowest BCUT2D eigenvalue weighted by Gasteiger charge is -1.96. The second-order valence-corrected chi connectivity index (χ2v) is 4.44. The molecule has 0 amide bonds. The van der Waals surface area contributed by atoms with Crippen LogP contribution in [0.1, 0.15) is 10.4 Å². The molecule has 72 valence electrons. The molecule has 1 heterocycles. The number of carboxylic acid groups (broad SMARTS) is 1. The van der Waals surface area contributed by atoms with Gasteiger partial charge in [-0.1, -0.05) is 23.2 Å². The van der Waals surface area contributed by atoms with Crippen LogP contribution in [-0.4, -0.2) is 11.1 Å². The molecule has 1 N–H and O–H groups in total. The van der Waals surface area contributed by atoms with E-state index in [2.05, 4.69) is 0 Å². The van der Waals surface area contributed by atoms with E-state index in [1.54, 1.807) is 17.5 Å². The molecular formula is C9H4Cl2O2S. The van der Waals surface area contributed by atoms with Gasteiger partial charge >= 0.3 is 5.97 Å². The Morgan fingerprint density at radius 1 is 1.29 bits per heavy atom. The highest BCUT2D eigenvalue weighted by atomic mass is 35.5. The van der Waals surface area contributed by atoms with Gasteiger partial charge in [-0.3, -0.25) is 0 Å². The minimum Gasteiger partial charge on any atom is -0.478 e. The SMILES string of the molecule is O=C(O)c1csc2cc(Cl)c(Cl)cc12. The van der Waals surface area contributed by atoms with Crippen molar-refractivity contribution in [2.45, 2.75) is 0 Å². The lowest BCUT2D eigenvalue weighted by molar-refractivity contribution is 0.0699. The van der Waals surface area contributed by atoms with E-state index in [-0.39, 0.29) is 5.56 Å². The van der Waals surface area contributed by atoms with Gasteiger partial charge in [0.1, 0.15) is 0 Å². The molecule has 2 rings (SSSR count). The number of benzene rings is 1. The van der Waals surface area contributed by atoms with Crippen molar-refractivity contribution >= 4 is 50.6 Å². The summed E-state index contributed by atoms with van der Waals surface area (Å²) in [5.41, 5.74) is 0.267. The summed E-state index contributed by atoms with van der Waals surface area (Å²) in [6.45, 7) is 0. The fourth-order valence-electron chi connectivity index (χ4n) is 1.19. The van der Waals surface area contributed by atoms with Crippen LogP contribution in [0.4, 0.5) is 0 Å². The van der Waals surface area contributed by atoms with Gasteiger partial charge in [-0.2, -0.15) is 0 Å². The summed E-state index contributed by atoms with van der Waals surface area (Å²) in [7, 11) is 0. The Morgan fingerprint density at radius 2 is 1.93 bits per heavy atom. The average Bonchev–Trinajstić information content (AvgIpc) is 2.48. The summed E-state index contributed by atoms with van der Waals surface area (Å²) < 4.78 is 0.830. The summed E-state index contributed by atoms with van der Waals surface area (Å²) in [5.74, 6) is -0.949. The molecule has 0 aliphatic carbocycles. The van der Waals surface area contributed by atoms with Crippen LogP contribution < -0.4 is 0 Å². The third kappa shape index (κ3) is 1.47. The molecule has 0 aliphatic rings. The van der Waals surface area contributed by atoms with Crippen molar-refractivity contribution in [3.8, 4) is 0 Å². The first-order chi connectivity index (χ1) is 6.59. The van der Waals surface area contributed by atoms with Crippen LogP contribution >= 0.6 is 34.5 Å². The van der Waals surface area contributed by atoms with Crippen molar-refractivity contribution in [3.05, 3.63) is 33.1 Å². The van der Waals surface area contributed by atoms with Crippen molar-refractivity contribution in [1.29, 1.82) is 0 Å². The number of carboxylic acids is 1. The smallest absolute Gasteiger partial charge is 0.337 e. The summed E-state index contributed by atoms with van der Waals surface area (Å²) in [4.78, 5) is 10.8. The van der Waals surface area contributed by atoms with Gasteiger partial charge in [0.2, 0.25) is 0 Å². The zero-order chi connectivity index (χ0) is 10.3. The highest BCUT2D eigenvalue weighted by Crippen LogP contribution is 2.33. The van der Waals surface area contributed by atoms with Gasteiger partial charge in [0.15, 0.2) is 0 Å². The van der Waals surface area contributed by atoms with E-state index in [1.807, 2.05) is 0 Å². The van der Waals surface area contributed by atoms with Crippen molar-refractivity contribution in [1.82, 2.24) is 0 Å². The predicted octanol–water partition coefficient (Wildman–Crippen LogP) is 3.91. The molecule has 1 aromatic carbocycles. The molecule has 0 unspecified atom stereocenters. The third-order valence-electron chi connectivity index (χ3n) is 1.85. The van der Waals surface area contributed by atoms with Gasteiger partial charge < -0.3 is 5.11 Å². The Balaban J connectivity index is 2.80. The number of thiophene rings is 1. The van der Waals surface area contributed by atoms with E-state index >= 15 is 0 Å². The largest absolute Gasteiger partial charge is 0.478 e. The molecule has 0 radical (unpaired) electrons. The summed E-state index contributed by atoms with van der Waals surface area (Å²) in [5, 5.41) is 11.9. The topological polar surface area (TPSA) is 37.3 Å². The highest BCUT2D eigenvalue weighted by molar-refractivity contribution is 7.17. The van der Waals surface area contributed by atoms with Gasteiger partial charge in [0.25, 0.3) is 0 Å². The molecule has 1 aromatic heterocycles. The number of rotatable bonds is 1. The molecule has 0 bridgehead atoms. The number of fused-ring (bicyclic) bond motifs is 1. The summed E-state index contributed by atoms with van der Waals surface area (Å²) >= 11 is 12.9. The number of carbonyl (C=O) groups is 1. The van der Waals surface area contributed by atoms with E-state index in [0.29, 0.717) is 15.4 Å². The second-order valence-electron chi connectivity index (χ2n) is 2.72. The summed E-state index contributed by atoms with van der Waals surface area (Å²) in [6, 6.07) is 3.26. The highest BCUT2D eigenvalue weighted by Gasteiger charge is 2.12. The van der Waals surface area contributed by atoms with E-state index in [0.717, 1.165) is 4.70 Å². The first kappa shape index (κ1) is 9.77. The van der Waals surface area contributed by atoms with Crippen LogP contribution in [0.25, 0.3) is 10.1 Å². The number of hydrogen-bond donors (Lipinski definition) is 1. The maximum absolute atomic E-state index is 10.8. The minimum atomic E-state index is -0.949. The molecule has 0 fully saturated rings. The monoisotopic (exact) mass is 246 g/mol. The molecule has 0 saturated carbocycles. The van der Waals surface area contributed by atoms with Crippen LogP contribution in [-0.2, 0) is 0 Å². The van der Waals surface area contributed by atoms with Gasteiger partial charge in [0.05, 0.1) is 15.6 Å². The van der Waals surface area contributed by atoms with Crippen LogP contribution in [0, 0.1) is 0 Å². The number of hydrogen-bond acceptors (Lipinski definition) is 2. The Labute approximate surface area is 93.7 Å². The molecule has 14 heavy (non-hydrogen) atoms. The zero-order valence-electron chi connectivity index (χ0n) is 6.75. The second kappa shape index (κ2) is 3.42. The molecule has 2 aromatic rings. The fraction of sp³-hybridized carbons (Fsp3) is 0. The molecular weight excluding hydrogens is 243 g/mol. The standard InChI is InChI=1S/C9H4Cl2O2S/c10-6-1-4-5(9(12)13)3-14-8(4)2-7(6)11/h1-3H,(H,12,13). The lowest BCUT2D eigenvalue weighted by Crippen LogP contribution is -1.93. The maximum atomic E-state index is 10.8. The van der Waals surface area contributed by atoms with Gasteiger partial charge in [-0.25, -0.2) is 4.79 Å². The third-order valence-corrected chi connectivity index (χ3v) is 3.51.